The van der Waals surface area contributed by atoms with Gasteiger partial charge in [-0.2, -0.15) is 0 Å². The van der Waals surface area contributed by atoms with Gasteiger partial charge in [-0.05, 0) is 42.5 Å². The van der Waals surface area contributed by atoms with Crippen molar-refractivity contribution in [2.75, 3.05) is 13.2 Å². The molecule has 0 saturated carbocycles. The van der Waals surface area contributed by atoms with Crippen LogP contribution in [0.15, 0.2) is 35.7 Å². The molecule has 1 heterocycles. The Balaban J connectivity index is 1.62. The summed E-state index contributed by atoms with van der Waals surface area (Å²) < 4.78 is 10.5. The van der Waals surface area contributed by atoms with Crippen LogP contribution in [0.3, 0.4) is 0 Å². The number of benzene rings is 1. The zero-order chi connectivity index (χ0) is 17.4. The van der Waals surface area contributed by atoms with Crippen molar-refractivity contribution in [2.45, 2.75) is 26.8 Å². The maximum absolute atomic E-state index is 11.6. The highest BCUT2D eigenvalue weighted by atomic mass is 32.1. The third kappa shape index (κ3) is 6.04. The fourth-order valence-electron chi connectivity index (χ4n) is 1.98. The van der Waals surface area contributed by atoms with E-state index in [9.17, 15) is 9.59 Å². The monoisotopic (exact) mass is 347 g/mol. The minimum Gasteiger partial charge on any atom is -0.493 e. The summed E-state index contributed by atoms with van der Waals surface area (Å²) in [6, 6.07) is 9.76. The Hall–Kier alpha value is -2.34. The van der Waals surface area contributed by atoms with Crippen LogP contribution in [0.4, 0.5) is 0 Å². The summed E-state index contributed by atoms with van der Waals surface area (Å²) in [5, 5.41) is 4.64. The van der Waals surface area contributed by atoms with Crippen LogP contribution in [-0.2, 0) is 20.9 Å². The summed E-state index contributed by atoms with van der Waals surface area (Å²) >= 11 is 1.56. The summed E-state index contributed by atoms with van der Waals surface area (Å²) in [5.41, 5.74) is 2.11. The molecular formula is C18H21NO4S. The van der Waals surface area contributed by atoms with Gasteiger partial charge in [-0.1, -0.05) is 18.2 Å². The predicted molar refractivity (Wildman–Crippen MR) is 93.2 cm³/mol. The second-order valence-electron chi connectivity index (χ2n) is 5.38. The Bertz CT molecular complexity index is 682. The van der Waals surface area contributed by atoms with E-state index in [-0.39, 0.29) is 25.5 Å². The molecular weight excluding hydrogens is 326 g/mol. The predicted octanol–water partition coefficient (Wildman–Crippen LogP) is 2.99. The maximum atomic E-state index is 11.6. The van der Waals surface area contributed by atoms with E-state index in [1.165, 1.54) is 0 Å². The van der Waals surface area contributed by atoms with Crippen molar-refractivity contribution in [3.63, 3.8) is 0 Å². The first kappa shape index (κ1) is 18.0. The zero-order valence-electron chi connectivity index (χ0n) is 13.8. The lowest BCUT2D eigenvalue weighted by atomic mass is 10.1. The van der Waals surface area contributed by atoms with Crippen molar-refractivity contribution in [1.29, 1.82) is 0 Å². The Kier molecular flexibility index (Phi) is 6.81. The van der Waals surface area contributed by atoms with E-state index < -0.39 is 5.97 Å². The zero-order valence-corrected chi connectivity index (χ0v) is 14.7. The molecule has 1 N–H and O–H groups in total. The fraction of sp³-hybridized carbons (Fsp3) is 0.333. The smallest absolute Gasteiger partial charge is 0.309 e. The molecule has 128 valence electrons. The van der Waals surface area contributed by atoms with Crippen molar-refractivity contribution in [2.24, 2.45) is 0 Å². The van der Waals surface area contributed by atoms with E-state index in [0.29, 0.717) is 6.54 Å². The molecule has 0 aliphatic carbocycles. The lowest BCUT2D eigenvalue weighted by Crippen LogP contribution is -2.28. The van der Waals surface area contributed by atoms with Crippen LogP contribution in [0.1, 0.15) is 22.4 Å². The standard InChI is InChI=1S/C18H21NO4S/c1-13-5-6-14(2)16(10-13)22-8-7-18(21)23-12-17(20)19-11-15-4-3-9-24-15/h3-6,9-10H,7-8,11-12H2,1-2H3,(H,19,20). The molecule has 0 aliphatic heterocycles. The summed E-state index contributed by atoms with van der Waals surface area (Å²) in [6.45, 7) is 4.33. The molecule has 0 saturated heterocycles. The number of carbonyl (C=O) groups is 2. The van der Waals surface area contributed by atoms with Gasteiger partial charge >= 0.3 is 5.97 Å². The normalized spacial score (nSPS) is 10.2. The number of carbonyl (C=O) groups excluding carboxylic acids is 2. The highest BCUT2D eigenvalue weighted by molar-refractivity contribution is 7.09. The molecule has 0 spiro atoms. The number of hydrogen-bond donors (Lipinski definition) is 1. The number of esters is 1. The van der Waals surface area contributed by atoms with Gasteiger partial charge in [0.25, 0.3) is 5.91 Å². The van der Waals surface area contributed by atoms with Gasteiger partial charge in [0, 0.05) is 4.88 Å². The average Bonchev–Trinajstić information content (AvgIpc) is 3.07. The second-order valence-corrected chi connectivity index (χ2v) is 6.42. The molecule has 2 aromatic rings. The first-order valence-corrected chi connectivity index (χ1v) is 8.57. The molecule has 0 fully saturated rings. The number of thiophene rings is 1. The lowest BCUT2D eigenvalue weighted by molar-refractivity contribution is -0.149. The molecule has 1 aromatic carbocycles. The van der Waals surface area contributed by atoms with Crippen LogP contribution in [0.25, 0.3) is 0 Å². The molecule has 0 bridgehead atoms. The number of nitrogens with one attached hydrogen (secondary N) is 1. The van der Waals surface area contributed by atoms with Gasteiger partial charge in [-0.25, -0.2) is 0 Å². The van der Waals surface area contributed by atoms with Gasteiger partial charge < -0.3 is 14.8 Å². The van der Waals surface area contributed by atoms with E-state index in [4.69, 9.17) is 9.47 Å². The van der Waals surface area contributed by atoms with Crippen LogP contribution >= 0.6 is 11.3 Å². The van der Waals surface area contributed by atoms with Crippen LogP contribution in [0.5, 0.6) is 5.75 Å². The van der Waals surface area contributed by atoms with E-state index in [1.54, 1.807) is 11.3 Å². The highest BCUT2D eigenvalue weighted by Gasteiger charge is 2.08. The van der Waals surface area contributed by atoms with Crippen LogP contribution in [0.2, 0.25) is 0 Å². The molecule has 1 amide bonds. The topological polar surface area (TPSA) is 64.6 Å². The summed E-state index contributed by atoms with van der Waals surface area (Å²) in [5.74, 6) is -0.00438. The molecule has 0 radical (unpaired) electrons. The summed E-state index contributed by atoms with van der Waals surface area (Å²) in [7, 11) is 0. The number of ether oxygens (including phenoxy) is 2. The minimum absolute atomic E-state index is 0.103. The highest BCUT2D eigenvalue weighted by Crippen LogP contribution is 2.19. The average molecular weight is 347 g/mol. The van der Waals surface area contributed by atoms with Gasteiger partial charge in [0.15, 0.2) is 6.61 Å². The third-order valence-electron chi connectivity index (χ3n) is 3.31. The largest absolute Gasteiger partial charge is 0.493 e. The van der Waals surface area contributed by atoms with E-state index >= 15 is 0 Å². The summed E-state index contributed by atoms with van der Waals surface area (Å²) in [4.78, 5) is 24.3. The fourth-order valence-corrected chi connectivity index (χ4v) is 2.62. The van der Waals surface area contributed by atoms with Crippen molar-refractivity contribution in [3.8, 4) is 5.75 Å². The molecule has 5 nitrogen and oxygen atoms in total. The molecule has 0 atom stereocenters. The number of hydrogen-bond acceptors (Lipinski definition) is 5. The number of amides is 1. The molecule has 24 heavy (non-hydrogen) atoms. The SMILES string of the molecule is Cc1ccc(C)c(OCCC(=O)OCC(=O)NCc2cccs2)c1. The second kappa shape index (κ2) is 9.08. The first-order valence-electron chi connectivity index (χ1n) is 7.69. The number of rotatable bonds is 8. The van der Waals surface area contributed by atoms with Gasteiger partial charge in [0.05, 0.1) is 19.6 Å². The molecule has 2 rings (SSSR count). The molecule has 1 aromatic heterocycles. The Morgan fingerprint density at radius 3 is 2.79 bits per heavy atom. The van der Waals surface area contributed by atoms with E-state index in [0.717, 1.165) is 21.8 Å². The lowest BCUT2D eigenvalue weighted by Gasteiger charge is -2.10. The van der Waals surface area contributed by atoms with Crippen molar-refractivity contribution >= 4 is 23.2 Å². The Morgan fingerprint density at radius 2 is 2.04 bits per heavy atom. The quantitative estimate of drug-likeness (QED) is 0.746. The first-order chi connectivity index (χ1) is 11.5. The van der Waals surface area contributed by atoms with E-state index in [1.807, 2.05) is 49.6 Å². The Morgan fingerprint density at radius 1 is 1.21 bits per heavy atom. The van der Waals surface area contributed by atoms with Gasteiger partial charge in [-0.3, -0.25) is 9.59 Å². The molecule has 0 aliphatic rings. The molecule has 0 unspecified atom stereocenters. The Labute approximate surface area is 145 Å². The number of aryl methyl sites for hydroxylation is 2. The molecule has 6 heteroatoms. The van der Waals surface area contributed by atoms with Crippen LogP contribution < -0.4 is 10.1 Å². The van der Waals surface area contributed by atoms with Crippen molar-refractivity contribution in [1.82, 2.24) is 5.32 Å². The summed E-state index contributed by atoms with van der Waals surface area (Å²) in [6.07, 6.45) is 0.103. The van der Waals surface area contributed by atoms with Gasteiger partial charge in [0.1, 0.15) is 5.75 Å². The van der Waals surface area contributed by atoms with Crippen molar-refractivity contribution < 1.29 is 19.1 Å². The van der Waals surface area contributed by atoms with E-state index in [2.05, 4.69) is 5.32 Å². The maximum Gasteiger partial charge on any atom is 0.309 e. The van der Waals surface area contributed by atoms with Crippen LogP contribution in [-0.4, -0.2) is 25.1 Å². The minimum atomic E-state index is -0.452. The van der Waals surface area contributed by atoms with Gasteiger partial charge in [0.2, 0.25) is 0 Å². The van der Waals surface area contributed by atoms with Gasteiger partial charge in [-0.15, -0.1) is 11.3 Å². The van der Waals surface area contributed by atoms with Crippen molar-refractivity contribution in [3.05, 3.63) is 51.7 Å². The van der Waals surface area contributed by atoms with Crippen LogP contribution in [0, 0.1) is 13.8 Å². The third-order valence-corrected chi connectivity index (χ3v) is 4.19.